The van der Waals surface area contributed by atoms with Crippen molar-refractivity contribution < 1.29 is 45.9 Å². The van der Waals surface area contributed by atoms with Crippen LogP contribution in [0.5, 0.6) is 0 Å². The fourth-order valence-electron chi connectivity index (χ4n) is 4.61. The predicted octanol–water partition coefficient (Wildman–Crippen LogP) is 4.51. The zero-order valence-electron chi connectivity index (χ0n) is 25.7. The van der Waals surface area contributed by atoms with Gasteiger partial charge in [-0.2, -0.15) is 13.5 Å². The summed E-state index contributed by atoms with van der Waals surface area (Å²) in [6.45, 7) is 3.10. The molecule has 1 aliphatic heterocycles. The van der Waals surface area contributed by atoms with E-state index >= 15 is 0 Å². The maximum atomic E-state index is 14.0. The zero-order valence-corrected chi connectivity index (χ0v) is 27.3. The zero-order chi connectivity index (χ0) is 34.6. The number of piperidine rings is 1. The molecule has 0 unspecified atom stereocenters. The first-order valence-electron chi connectivity index (χ1n) is 14.6. The van der Waals surface area contributed by atoms with E-state index in [9.17, 15) is 36.4 Å². The SMILES string of the molecule is CCOC(=O)NN=C(CCC[C@H](NS(=O)(=O)c1cccc(-c2cccs2)c1NC(=O)CC)C(=O)N1CCC(=C(F)F)CC1)OC(N)=O. The Kier molecular flexibility index (Phi) is 13.8. The highest BCUT2D eigenvalue weighted by atomic mass is 32.2. The van der Waals surface area contributed by atoms with Gasteiger partial charge in [0.1, 0.15) is 10.9 Å². The topological polar surface area (TPSA) is 199 Å². The lowest BCUT2D eigenvalue weighted by atomic mass is 10.0. The number of carbonyl (C=O) groups excluding carboxylic acids is 4. The summed E-state index contributed by atoms with van der Waals surface area (Å²) in [5, 5.41) is 8.13. The highest BCUT2D eigenvalue weighted by molar-refractivity contribution is 7.89. The number of anilines is 1. The lowest BCUT2D eigenvalue weighted by Gasteiger charge is -2.31. The van der Waals surface area contributed by atoms with Gasteiger partial charge in [0.05, 0.1) is 12.3 Å². The number of nitrogens with one attached hydrogen (secondary N) is 3. The second kappa shape index (κ2) is 17.5. The van der Waals surface area contributed by atoms with Crippen molar-refractivity contribution in [1.29, 1.82) is 0 Å². The van der Waals surface area contributed by atoms with E-state index in [1.807, 2.05) is 5.43 Å². The van der Waals surface area contributed by atoms with E-state index in [1.165, 1.54) is 28.4 Å². The number of hydrazone groups is 1. The molecule has 14 nitrogen and oxygen atoms in total. The molecule has 1 fully saturated rings. The molecule has 1 aliphatic rings. The van der Waals surface area contributed by atoms with Gasteiger partial charge in [-0.3, -0.25) is 9.59 Å². The number of amides is 4. The Morgan fingerprint density at radius 2 is 1.83 bits per heavy atom. The van der Waals surface area contributed by atoms with E-state index in [2.05, 4.69) is 15.1 Å². The van der Waals surface area contributed by atoms with E-state index in [0.29, 0.717) is 10.4 Å². The van der Waals surface area contributed by atoms with Gasteiger partial charge in [0.2, 0.25) is 27.7 Å². The minimum atomic E-state index is -4.51. The van der Waals surface area contributed by atoms with Crippen LogP contribution in [0.2, 0.25) is 0 Å². The van der Waals surface area contributed by atoms with Crippen LogP contribution in [0, 0.1) is 0 Å². The maximum absolute atomic E-state index is 14.0. The summed E-state index contributed by atoms with van der Waals surface area (Å²) >= 11 is 1.34. The third kappa shape index (κ3) is 10.8. The number of rotatable bonds is 13. The molecule has 2 heterocycles. The number of hydrogen-bond donors (Lipinski definition) is 4. The molecular formula is C29H36F2N6O8S2. The van der Waals surface area contributed by atoms with Crippen LogP contribution in [0.4, 0.5) is 24.1 Å². The number of carbonyl (C=O) groups is 4. The summed E-state index contributed by atoms with van der Waals surface area (Å²) < 4.78 is 66.2. The molecule has 1 saturated heterocycles. The number of hydrogen-bond acceptors (Lipinski definition) is 10. The van der Waals surface area contributed by atoms with Crippen LogP contribution < -0.4 is 21.2 Å². The van der Waals surface area contributed by atoms with Gasteiger partial charge in [-0.05, 0) is 55.7 Å². The number of nitrogens with two attached hydrogens (primary N) is 1. The van der Waals surface area contributed by atoms with Gasteiger partial charge in [0.25, 0.3) is 6.08 Å². The number of ether oxygens (including phenoxy) is 2. The van der Waals surface area contributed by atoms with E-state index in [-0.39, 0.29) is 80.3 Å². The van der Waals surface area contributed by atoms with Crippen molar-refractivity contribution in [1.82, 2.24) is 15.0 Å². The van der Waals surface area contributed by atoms with Crippen LogP contribution in [0.3, 0.4) is 0 Å². The maximum Gasteiger partial charge on any atom is 0.427 e. The molecule has 3 rings (SSSR count). The molecule has 5 N–H and O–H groups in total. The number of nitrogens with zero attached hydrogens (tertiary/aromatic N) is 2. The number of para-hydroxylation sites is 1. The first-order valence-corrected chi connectivity index (χ1v) is 17.0. The average Bonchev–Trinajstić information content (AvgIpc) is 3.57. The standard InChI is InChI=1S/C29H36F2N6O8S2/c1-3-23(38)33-25-19(21-10-7-17-46-21)8-5-11-22(25)47(42,43)36-20(27(39)37-15-13-18(14-16-37)26(30)31)9-6-12-24(45-28(32)40)34-35-29(41)44-4-2/h5,7-8,10-11,17,20,36H,3-4,6,9,12-16H2,1-2H3,(H2,32,40)(H,33,38)(H,35,41)/t20-/m0/s1. The first kappa shape index (κ1) is 37.0. The van der Waals surface area contributed by atoms with Crippen LogP contribution >= 0.6 is 11.3 Å². The molecule has 256 valence electrons. The predicted molar refractivity (Wildman–Crippen MR) is 170 cm³/mol. The largest absolute Gasteiger partial charge is 0.449 e. The average molecular weight is 699 g/mol. The van der Waals surface area contributed by atoms with Gasteiger partial charge in [-0.15, -0.1) is 16.4 Å². The number of primary amides is 1. The van der Waals surface area contributed by atoms with Gasteiger partial charge in [-0.1, -0.05) is 25.1 Å². The van der Waals surface area contributed by atoms with Crippen LogP contribution in [0.1, 0.15) is 52.4 Å². The van der Waals surface area contributed by atoms with Gasteiger partial charge < -0.3 is 25.4 Å². The van der Waals surface area contributed by atoms with Crippen LogP contribution in [-0.2, 0) is 29.1 Å². The molecule has 0 saturated carbocycles. The fourth-order valence-corrected chi connectivity index (χ4v) is 6.78. The van der Waals surface area contributed by atoms with Crippen molar-refractivity contribution >= 4 is 56.9 Å². The van der Waals surface area contributed by atoms with E-state index in [1.54, 1.807) is 37.4 Å². The quantitative estimate of drug-likeness (QED) is 0.133. The summed E-state index contributed by atoms with van der Waals surface area (Å²) in [7, 11) is -4.51. The van der Waals surface area contributed by atoms with Crippen LogP contribution in [-0.4, -0.2) is 69.0 Å². The molecule has 4 amide bonds. The Morgan fingerprint density at radius 1 is 1.11 bits per heavy atom. The smallest absolute Gasteiger partial charge is 0.427 e. The highest BCUT2D eigenvalue weighted by Crippen LogP contribution is 2.36. The Hall–Kier alpha value is -4.42. The third-order valence-corrected chi connectivity index (χ3v) is 9.30. The molecule has 1 atom stereocenters. The summed E-state index contributed by atoms with van der Waals surface area (Å²) in [6.07, 6.45) is -4.41. The number of benzene rings is 1. The molecule has 1 aromatic heterocycles. The number of halogens is 2. The number of sulfonamides is 1. The molecule has 0 bridgehead atoms. The molecule has 0 radical (unpaired) electrons. The Bertz CT molecular complexity index is 1600. The van der Waals surface area contributed by atoms with Gasteiger partial charge in [-0.25, -0.2) is 23.4 Å². The molecule has 1 aromatic carbocycles. The molecular weight excluding hydrogens is 662 g/mol. The lowest BCUT2D eigenvalue weighted by molar-refractivity contribution is -0.133. The van der Waals surface area contributed by atoms with Crippen molar-refractivity contribution in [2.45, 2.75) is 63.3 Å². The van der Waals surface area contributed by atoms with Gasteiger partial charge in [0, 0.05) is 36.4 Å². The van der Waals surface area contributed by atoms with E-state index in [4.69, 9.17) is 15.2 Å². The number of thiophene rings is 1. The number of likely N-dealkylation sites (tertiary alicyclic amines) is 1. The molecule has 0 spiro atoms. The second-order valence-electron chi connectivity index (χ2n) is 10.1. The minimum Gasteiger partial charge on any atom is -0.449 e. The van der Waals surface area contributed by atoms with E-state index < -0.39 is 46.1 Å². The normalized spacial score (nSPS) is 14.3. The van der Waals surface area contributed by atoms with Crippen molar-refractivity contribution in [3.63, 3.8) is 0 Å². The molecule has 2 aromatic rings. The lowest BCUT2D eigenvalue weighted by Crippen LogP contribution is -2.50. The fraction of sp³-hybridized carbons (Fsp3) is 0.414. The van der Waals surface area contributed by atoms with Crippen molar-refractivity contribution in [3.8, 4) is 10.4 Å². The van der Waals surface area contributed by atoms with Gasteiger partial charge in [0.15, 0.2) is 0 Å². The molecule has 47 heavy (non-hydrogen) atoms. The summed E-state index contributed by atoms with van der Waals surface area (Å²) in [5.41, 5.74) is 7.53. The molecule has 0 aliphatic carbocycles. The monoisotopic (exact) mass is 698 g/mol. The highest BCUT2D eigenvalue weighted by Gasteiger charge is 2.33. The van der Waals surface area contributed by atoms with Crippen LogP contribution in [0.25, 0.3) is 10.4 Å². The summed E-state index contributed by atoms with van der Waals surface area (Å²) in [5.74, 6) is -1.44. The second-order valence-corrected chi connectivity index (χ2v) is 12.7. The summed E-state index contributed by atoms with van der Waals surface area (Å²) in [4.78, 5) is 50.9. The third-order valence-electron chi connectivity index (χ3n) is 6.88. The Morgan fingerprint density at radius 3 is 2.43 bits per heavy atom. The molecule has 18 heteroatoms. The Labute approximate surface area is 274 Å². The van der Waals surface area contributed by atoms with E-state index in [0.717, 1.165) is 0 Å². The van der Waals surface area contributed by atoms with Crippen molar-refractivity contribution in [2.24, 2.45) is 10.8 Å². The van der Waals surface area contributed by atoms with Crippen LogP contribution in [0.15, 0.2) is 57.4 Å². The van der Waals surface area contributed by atoms with Crippen molar-refractivity contribution in [3.05, 3.63) is 47.4 Å². The minimum absolute atomic E-state index is 0.0116. The van der Waals surface area contributed by atoms with Crippen molar-refractivity contribution in [2.75, 3.05) is 25.0 Å². The Balaban J connectivity index is 1.93. The summed E-state index contributed by atoms with van der Waals surface area (Å²) in [6, 6.07) is 6.59. The van der Waals surface area contributed by atoms with Gasteiger partial charge >= 0.3 is 12.2 Å². The first-order chi connectivity index (χ1) is 22.4.